The van der Waals surface area contributed by atoms with E-state index in [-0.39, 0.29) is 0 Å². The molecule has 0 aromatic carbocycles. The Balaban J connectivity index is 2.44. The van der Waals surface area contributed by atoms with E-state index >= 15 is 0 Å². The summed E-state index contributed by atoms with van der Waals surface area (Å²) in [6, 6.07) is 0. The van der Waals surface area contributed by atoms with E-state index in [1.807, 2.05) is 0 Å². The van der Waals surface area contributed by atoms with Gasteiger partial charge in [0, 0.05) is 6.42 Å². The summed E-state index contributed by atoms with van der Waals surface area (Å²) in [7, 11) is 0. The highest BCUT2D eigenvalue weighted by molar-refractivity contribution is 5.49. The smallest absolute Gasteiger partial charge is 0.120 e. The van der Waals surface area contributed by atoms with Crippen molar-refractivity contribution in [3.05, 3.63) is 0 Å². The van der Waals surface area contributed by atoms with Gasteiger partial charge in [0.05, 0.1) is 0 Å². The van der Waals surface area contributed by atoms with Crippen LogP contribution >= 0.6 is 0 Å². The zero-order valence-electron chi connectivity index (χ0n) is 8.85. The molecule has 0 aliphatic heterocycles. The standard InChI is InChI=1S/C12H22O/c1-2-7-12(10-6-11-13)8-4-3-5-9-12/h11H,2-10H2,1H3. The average Bonchev–Trinajstić information content (AvgIpc) is 2.17. The topological polar surface area (TPSA) is 17.1 Å². The van der Waals surface area contributed by atoms with E-state index in [9.17, 15) is 4.79 Å². The van der Waals surface area contributed by atoms with E-state index in [1.54, 1.807) is 0 Å². The maximum atomic E-state index is 10.4. The van der Waals surface area contributed by atoms with E-state index < -0.39 is 0 Å². The van der Waals surface area contributed by atoms with E-state index in [0.29, 0.717) is 5.41 Å². The Morgan fingerprint density at radius 1 is 1.15 bits per heavy atom. The first-order chi connectivity index (χ1) is 6.33. The Hall–Kier alpha value is -0.330. The number of rotatable bonds is 5. The number of aldehydes is 1. The van der Waals surface area contributed by atoms with Gasteiger partial charge in [0.15, 0.2) is 0 Å². The van der Waals surface area contributed by atoms with Crippen molar-refractivity contribution in [1.82, 2.24) is 0 Å². The number of carbonyl (C=O) groups excluding carboxylic acids is 1. The van der Waals surface area contributed by atoms with Crippen LogP contribution < -0.4 is 0 Å². The zero-order valence-corrected chi connectivity index (χ0v) is 8.85. The minimum absolute atomic E-state index is 0.550. The van der Waals surface area contributed by atoms with Crippen molar-refractivity contribution in [3.63, 3.8) is 0 Å². The summed E-state index contributed by atoms with van der Waals surface area (Å²) >= 11 is 0. The molecule has 0 aromatic rings. The Kier molecular flexibility index (Phi) is 4.47. The maximum absolute atomic E-state index is 10.4. The monoisotopic (exact) mass is 182 g/mol. The van der Waals surface area contributed by atoms with Crippen molar-refractivity contribution in [2.45, 2.75) is 64.7 Å². The Bertz CT molecular complexity index is 140. The van der Waals surface area contributed by atoms with Gasteiger partial charge < -0.3 is 4.79 Å². The first kappa shape index (κ1) is 10.7. The van der Waals surface area contributed by atoms with Gasteiger partial charge in [-0.25, -0.2) is 0 Å². The lowest BCUT2D eigenvalue weighted by atomic mass is 9.69. The normalized spacial score (nSPS) is 21.3. The Morgan fingerprint density at radius 3 is 2.38 bits per heavy atom. The zero-order chi connectivity index (χ0) is 9.57. The molecule has 1 nitrogen and oxygen atoms in total. The van der Waals surface area contributed by atoms with Gasteiger partial charge in [-0.15, -0.1) is 0 Å². The molecule has 1 saturated carbocycles. The van der Waals surface area contributed by atoms with Crippen LogP contribution in [0.5, 0.6) is 0 Å². The summed E-state index contributed by atoms with van der Waals surface area (Å²) in [5.74, 6) is 0. The molecule has 0 saturated heterocycles. The Morgan fingerprint density at radius 2 is 1.85 bits per heavy atom. The molecule has 0 aromatic heterocycles. The molecular formula is C12H22O. The fraction of sp³-hybridized carbons (Fsp3) is 0.917. The van der Waals surface area contributed by atoms with Crippen molar-refractivity contribution in [1.29, 1.82) is 0 Å². The van der Waals surface area contributed by atoms with Crippen LogP contribution in [0.25, 0.3) is 0 Å². The molecule has 1 fully saturated rings. The quantitative estimate of drug-likeness (QED) is 0.592. The molecule has 0 atom stereocenters. The average molecular weight is 182 g/mol. The third kappa shape index (κ3) is 3.13. The molecular weight excluding hydrogens is 160 g/mol. The number of hydrogen-bond donors (Lipinski definition) is 0. The van der Waals surface area contributed by atoms with Gasteiger partial charge in [-0.2, -0.15) is 0 Å². The summed E-state index contributed by atoms with van der Waals surface area (Å²) in [4.78, 5) is 10.4. The minimum atomic E-state index is 0.550. The van der Waals surface area contributed by atoms with Crippen molar-refractivity contribution in [2.75, 3.05) is 0 Å². The summed E-state index contributed by atoms with van der Waals surface area (Å²) < 4.78 is 0. The van der Waals surface area contributed by atoms with Crippen molar-refractivity contribution >= 4 is 6.29 Å². The molecule has 0 radical (unpaired) electrons. The van der Waals surface area contributed by atoms with Gasteiger partial charge >= 0.3 is 0 Å². The van der Waals surface area contributed by atoms with Gasteiger partial charge in [0.2, 0.25) is 0 Å². The predicted molar refractivity (Wildman–Crippen MR) is 55.7 cm³/mol. The van der Waals surface area contributed by atoms with E-state index in [2.05, 4.69) is 6.92 Å². The second-order valence-electron chi connectivity index (χ2n) is 4.52. The van der Waals surface area contributed by atoms with Crippen LogP contribution in [-0.4, -0.2) is 6.29 Å². The third-order valence-corrected chi connectivity index (χ3v) is 3.49. The summed E-state index contributed by atoms with van der Waals surface area (Å²) in [6.07, 6.45) is 12.5. The highest BCUT2D eigenvalue weighted by atomic mass is 16.1. The molecule has 0 unspecified atom stereocenters. The highest BCUT2D eigenvalue weighted by Crippen LogP contribution is 2.43. The molecule has 0 bridgehead atoms. The fourth-order valence-corrected chi connectivity index (χ4v) is 2.82. The maximum Gasteiger partial charge on any atom is 0.120 e. The van der Waals surface area contributed by atoms with E-state index in [1.165, 1.54) is 44.9 Å². The van der Waals surface area contributed by atoms with Gasteiger partial charge in [0.25, 0.3) is 0 Å². The van der Waals surface area contributed by atoms with Gasteiger partial charge in [-0.3, -0.25) is 0 Å². The molecule has 76 valence electrons. The molecule has 1 rings (SSSR count). The molecule has 13 heavy (non-hydrogen) atoms. The third-order valence-electron chi connectivity index (χ3n) is 3.49. The lowest BCUT2D eigenvalue weighted by Crippen LogP contribution is -2.24. The molecule has 0 heterocycles. The summed E-state index contributed by atoms with van der Waals surface area (Å²) in [6.45, 7) is 2.26. The van der Waals surface area contributed by atoms with Crippen LogP contribution in [0.1, 0.15) is 64.7 Å². The van der Waals surface area contributed by atoms with Crippen LogP contribution in [0.3, 0.4) is 0 Å². The first-order valence-corrected chi connectivity index (χ1v) is 5.77. The van der Waals surface area contributed by atoms with E-state index in [0.717, 1.165) is 19.1 Å². The van der Waals surface area contributed by atoms with Crippen LogP contribution in [0.4, 0.5) is 0 Å². The number of carbonyl (C=O) groups is 1. The molecule has 0 amide bonds. The van der Waals surface area contributed by atoms with Gasteiger partial charge in [-0.05, 0) is 31.1 Å². The lowest BCUT2D eigenvalue weighted by Gasteiger charge is -2.37. The number of hydrogen-bond acceptors (Lipinski definition) is 1. The highest BCUT2D eigenvalue weighted by Gasteiger charge is 2.30. The molecule has 1 heteroatoms. The van der Waals surface area contributed by atoms with Gasteiger partial charge in [-0.1, -0.05) is 32.6 Å². The molecule has 1 aliphatic rings. The van der Waals surface area contributed by atoms with Crippen LogP contribution in [-0.2, 0) is 4.79 Å². The van der Waals surface area contributed by atoms with Crippen molar-refractivity contribution < 1.29 is 4.79 Å². The van der Waals surface area contributed by atoms with E-state index in [4.69, 9.17) is 0 Å². The largest absolute Gasteiger partial charge is 0.303 e. The second kappa shape index (κ2) is 5.41. The molecule has 0 N–H and O–H groups in total. The fourth-order valence-electron chi connectivity index (χ4n) is 2.82. The molecule has 0 spiro atoms. The summed E-state index contributed by atoms with van der Waals surface area (Å²) in [5, 5.41) is 0. The SMILES string of the molecule is CCCC1(CCC=O)CCCCC1. The molecule has 1 aliphatic carbocycles. The Labute approximate surface area is 81.9 Å². The lowest BCUT2D eigenvalue weighted by molar-refractivity contribution is -0.108. The first-order valence-electron chi connectivity index (χ1n) is 5.77. The second-order valence-corrected chi connectivity index (χ2v) is 4.52. The van der Waals surface area contributed by atoms with Crippen LogP contribution in [0, 0.1) is 5.41 Å². The minimum Gasteiger partial charge on any atom is -0.303 e. The predicted octanol–water partition coefficient (Wildman–Crippen LogP) is 3.72. The van der Waals surface area contributed by atoms with Gasteiger partial charge in [0.1, 0.15) is 6.29 Å². The summed E-state index contributed by atoms with van der Waals surface area (Å²) in [5.41, 5.74) is 0.550. The van der Waals surface area contributed by atoms with Crippen molar-refractivity contribution in [3.8, 4) is 0 Å². The van der Waals surface area contributed by atoms with Crippen molar-refractivity contribution in [2.24, 2.45) is 5.41 Å². The van der Waals surface area contributed by atoms with Crippen LogP contribution in [0.2, 0.25) is 0 Å². The van der Waals surface area contributed by atoms with Crippen LogP contribution in [0.15, 0.2) is 0 Å².